The molecule has 4 nitrogen and oxygen atoms in total. The summed E-state index contributed by atoms with van der Waals surface area (Å²) in [6.45, 7) is 5.10. The van der Waals surface area contributed by atoms with Crippen molar-refractivity contribution < 1.29 is 18.0 Å². The third-order valence-electron chi connectivity index (χ3n) is 4.42. The largest absolute Gasteiger partial charge is 0.418 e. The summed E-state index contributed by atoms with van der Waals surface area (Å²) in [5.41, 5.74) is 3.99. The van der Waals surface area contributed by atoms with Crippen LogP contribution in [0.3, 0.4) is 0 Å². The number of nitrogens with zero attached hydrogens (tertiary/aromatic N) is 1. The minimum atomic E-state index is -4.67. The molecule has 1 aromatic carbocycles. The third-order valence-corrected chi connectivity index (χ3v) is 4.90. The van der Waals surface area contributed by atoms with Gasteiger partial charge in [0.2, 0.25) is 0 Å². The van der Waals surface area contributed by atoms with Crippen LogP contribution in [0.15, 0.2) is 6.07 Å². The second-order valence-electron chi connectivity index (χ2n) is 5.94. The molecule has 2 rings (SSSR count). The highest BCUT2D eigenvalue weighted by molar-refractivity contribution is 6.34. The lowest BCUT2D eigenvalue weighted by Gasteiger charge is -2.35. The molecule has 1 aliphatic rings. The maximum Gasteiger partial charge on any atom is 0.418 e. The molecule has 3 N–H and O–H groups in total. The number of halogens is 4. The molecule has 8 heteroatoms. The number of benzene rings is 1. The number of likely N-dealkylation sites (tertiary alicyclic amines) is 1. The molecule has 1 amide bonds. The zero-order valence-electron chi connectivity index (χ0n) is 13.6. The van der Waals surface area contributed by atoms with Crippen molar-refractivity contribution in [1.29, 1.82) is 0 Å². The van der Waals surface area contributed by atoms with Crippen LogP contribution in [0.4, 0.5) is 18.9 Å². The van der Waals surface area contributed by atoms with Crippen LogP contribution < -0.4 is 11.1 Å². The molecular weight excluding hydrogens is 343 g/mol. The maximum absolute atomic E-state index is 13.1. The Hall–Kier alpha value is -1.47. The van der Waals surface area contributed by atoms with E-state index in [0.717, 1.165) is 38.4 Å². The Morgan fingerprint density at radius 1 is 1.46 bits per heavy atom. The number of nitrogen functional groups attached to an aromatic ring is 1. The van der Waals surface area contributed by atoms with Crippen LogP contribution in [0.25, 0.3) is 0 Å². The molecule has 0 aliphatic carbocycles. The molecule has 1 saturated heterocycles. The lowest BCUT2D eigenvalue weighted by atomic mass is 10.0. The monoisotopic (exact) mass is 363 g/mol. The van der Waals surface area contributed by atoms with E-state index in [1.807, 2.05) is 6.92 Å². The summed E-state index contributed by atoms with van der Waals surface area (Å²) < 4.78 is 39.3. The average molecular weight is 364 g/mol. The molecule has 0 aromatic heterocycles. The molecule has 134 valence electrons. The summed E-state index contributed by atoms with van der Waals surface area (Å²) >= 11 is 5.92. The summed E-state index contributed by atoms with van der Waals surface area (Å²) in [7, 11) is 0. The number of amides is 1. The van der Waals surface area contributed by atoms with E-state index in [9.17, 15) is 18.0 Å². The summed E-state index contributed by atoms with van der Waals surface area (Å²) in [6, 6.07) is 0.783. The van der Waals surface area contributed by atoms with Crippen molar-refractivity contribution >= 4 is 23.2 Å². The Kier molecular flexibility index (Phi) is 5.65. The smallest absolute Gasteiger partial charge is 0.397 e. The molecular formula is C16H21ClF3N3O. The van der Waals surface area contributed by atoms with Crippen molar-refractivity contribution in [3.63, 3.8) is 0 Å². The van der Waals surface area contributed by atoms with Crippen molar-refractivity contribution in [3.05, 3.63) is 27.8 Å². The Morgan fingerprint density at radius 2 is 2.12 bits per heavy atom. The van der Waals surface area contributed by atoms with Gasteiger partial charge in [0, 0.05) is 12.1 Å². The molecule has 1 heterocycles. The fourth-order valence-electron chi connectivity index (χ4n) is 3.00. The number of hydrogen-bond donors (Lipinski definition) is 2. The van der Waals surface area contributed by atoms with Gasteiger partial charge < -0.3 is 11.1 Å². The first-order valence-electron chi connectivity index (χ1n) is 7.87. The zero-order valence-corrected chi connectivity index (χ0v) is 14.4. The van der Waals surface area contributed by atoms with Gasteiger partial charge >= 0.3 is 6.18 Å². The number of nitrogens with one attached hydrogen (secondary N) is 1. The van der Waals surface area contributed by atoms with Crippen LogP contribution in [0.1, 0.15) is 47.7 Å². The van der Waals surface area contributed by atoms with Crippen LogP contribution >= 0.6 is 11.6 Å². The van der Waals surface area contributed by atoms with Crippen LogP contribution in [-0.4, -0.2) is 30.1 Å². The predicted octanol–water partition coefficient (Wildman–Crippen LogP) is 3.81. The molecule has 1 aromatic rings. The Bertz CT molecular complexity index is 634. The van der Waals surface area contributed by atoms with Gasteiger partial charge in [-0.15, -0.1) is 0 Å². The van der Waals surface area contributed by atoms with Gasteiger partial charge in [-0.1, -0.05) is 18.5 Å². The lowest BCUT2D eigenvalue weighted by molar-refractivity contribution is -0.136. The average Bonchev–Trinajstić information content (AvgIpc) is 2.52. The summed E-state index contributed by atoms with van der Waals surface area (Å²) in [4.78, 5) is 14.6. The van der Waals surface area contributed by atoms with Gasteiger partial charge in [0.05, 0.1) is 22.4 Å². The fraction of sp³-hybridized carbons (Fsp3) is 0.562. The number of rotatable bonds is 3. The second-order valence-corrected chi connectivity index (χ2v) is 6.31. The minimum Gasteiger partial charge on any atom is -0.397 e. The maximum atomic E-state index is 13.1. The molecule has 1 unspecified atom stereocenters. The number of hydrogen-bond acceptors (Lipinski definition) is 3. The first kappa shape index (κ1) is 18.9. The molecule has 0 saturated carbocycles. The van der Waals surface area contributed by atoms with E-state index in [2.05, 4.69) is 10.2 Å². The Balaban J connectivity index is 2.33. The summed E-state index contributed by atoms with van der Waals surface area (Å²) in [5, 5.41) is 2.59. The number of anilines is 1. The van der Waals surface area contributed by atoms with Gasteiger partial charge in [-0.25, -0.2) is 0 Å². The van der Waals surface area contributed by atoms with E-state index in [0.29, 0.717) is 0 Å². The van der Waals surface area contributed by atoms with Crippen LogP contribution in [0.2, 0.25) is 5.02 Å². The van der Waals surface area contributed by atoms with E-state index in [-0.39, 0.29) is 22.3 Å². The highest BCUT2D eigenvalue weighted by Crippen LogP contribution is 2.39. The van der Waals surface area contributed by atoms with Gasteiger partial charge in [-0.2, -0.15) is 13.2 Å². The normalized spacial score (nSPS) is 19.3. The number of nitrogens with two attached hydrogens (primary N) is 1. The zero-order chi connectivity index (χ0) is 18.1. The van der Waals surface area contributed by atoms with Crippen LogP contribution in [0.5, 0.6) is 0 Å². The van der Waals surface area contributed by atoms with E-state index in [1.165, 1.54) is 6.92 Å². The summed E-state index contributed by atoms with van der Waals surface area (Å²) in [6.07, 6.45) is -2.06. The van der Waals surface area contributed by atoms with E-state index in [4.69, 9.17) is 17.3 Å². The summed E-state index contributed by atoms with van der Waals surface area (Å²) in [5.74, 6) is -0.565. The number of piperidine rings is 1. The highest BCUT2D eigenvalue weighted by atomic mass is 35.5. The first-order chi connectivity index (χ1) is 11.2. The topological polar surface area (TPSA) is 58.4 Å². The van der Waals surface area contributed by atoms with Gasteiger partial charge in [0.1, 0.15) is 0 Å². The Morgan fingerprint density at radius 3 is 2.71 bits per heavy atom. The number of carbonyl (C=O) groups excluding carboxylic acids is 1. The highest BCUT2D eigenvalue weighted by Gasteiger charge is 2.36. The molecule has 1 fully saturated rings. The van der Waals surface area contributed by atoms with E-state index in [1.54, 1.807) is 0 Å². The van der Waals surface area contributed by atoms with Gasteiger partial charge in [0.25, 0.3) is 5.91 Å². The predicted molar refractivity (Wildman–Crippen MR) is 88.0 cm³/mol. The SMILES string of the molecule is CCN1CCCCC1NC(=O)c1cc(C(F)(F)F)c(N)c(Cl)c1C. The third kappa shape index (κ3) is 3.78. The van der Waals surface area contributed by atoms with E-state index >= 15 is 0 Å². The Labute approximate surface area is 144 Å². The quantitative estimate of drug-likeness (QED) is 0.803. The van der Waals surface area contributed by atoms with Crippen LogP contribution in [-0.2, 0) is 6.18 Å². The van der Waals surface area contributed by atoms with E-state index < -0.39 is 23.3 Å². The van der Waals surface area contributed by atoms with Crippen molar-refractivity contribution in [2.24, 2.45) is 0 Å². The lowest BCUT2D eigenvalue weighted by Crippen LogP contribution is -2.50. The van der Waals surface area contributed by atoms with Crippen LogP contribution in [0, 0.1) is 6.92 Å². The van der Waals surface area contributed by atoms with Crippen molar-refractivity contribution in [2.45, 2.75) is 45.5 Å². The number of carbonyl (C=O) groups is 1. The van der Waals surface area contributed by atoms with Gasteiger partial charge in [0.15, 0.2) is 0 Å². The van der Waals surface area contributed by atoms with Crippen molar-refractivity contribution in [3.8, 4) is 0 Å². The molecule has 0 bridgehead atoms. The van der Waals surface area contributed by atoms with Gasteiger partial charge in [-0.05, 0) is 44.4 Å². The second kappa shape index (κ2) is 7.19. The van der Waals surface area contributed by atoms with Crippen molar-refractivity contribution in [1.82, 2.24) is 10.2 Å². The molecule has 1 atom stereocenters. The van der Waals surface area contributed by atoms with Crippen molar-refractivity contribution in [2.75, 3.05) is 18.8 Å². The number of alkyl halides is 3. The fourth-order valence-corrected chi connectivity index (χ4v) is 3.20. The molecule has 0 radical (unpaired) electrons. The molecule has 0 spiro atoms. The first-order valence-corrected chi connectivity index (χ1v) is 8.25. The molecule has 1 aliphatic heterocycles. The molecule has 24 heavy (non-hydrogen) atoms. The van der Waals surface area contributed by atoms with Gasteiger partial charge in [-0.3, -0.25) is 9.69 Å². The standard InChI is InChI=1S/C16H21ClF3N3O/c1-3-23-7-5-4-6-12(23)22-15(24)10-8-11(16(18,19)20)14(21)13(17)9(10)2/h8,12H,3-7,21H2,1-2H3,(H,22,24). The minimum absolute atomic E-state index is 0.0943.